The molecule has 1 fully saturated rings. The van der Waals surface area contributed by atoms with Crippen LogP contribution in [0.25, 0.3) is 0 Å². The second-order valence-electron chi connectivity index (χ2n) is 6.04. The molecule has 142 valence electrons. The van der Waals surface area contributed by atoms with E-state index in [1.165, 1.54) is 29.6 Å². The number of piperazine rings is 1. The Kier molecular flexibility index (Phi) is 5.98. The van der Waals surface area contributed by atoms with Crippen LogP contribution in [0.2, 0.25) is 0 Å². The molecule has 0 unspecified atom stereocenters. The summed E-state index contributed by atoms with van der Waals surface area (Å²) in [6.07, 6.45) is 1.51. The molecule has 0 spiro atoms. The second kappa shape index (κ2) is 7.83. The van der Waals surface area contributed by atoms with E-state index >= 15 is 0 Å². The number of methoxy groups -OCH3 is 1. The van der Waals surface area contributed by atoms with E-state index in [9.17, 15) is 23.3 Å². The summed E-state index contributed by atoms with van der Waals surface area (Å²) in [6.45, 7) is 4.42. The lowest BCUT2D eigenvalue weighted by Gasteiger charge is -2.33. The van der Waals surface area contributed by atoms with Crippen LogP contribution in [-0.4, -0.2) is 61.7 Å². The third-order valence-corrected chi connectivity index (χ3v) is 5.84. The average molecular weight is 383 g/mol. The van der Waals surface area contributed by atoms with Gasteiger partial charge in [-0.05, 0) is 26.0 Å². The van der Waals surface area contributed by atoms with Gasteiger partial charge in [-0.15, -0.1) is 0 Å². The van der Waals surface area contributed by atoms with Crippen LogP contribution in [0.1, 0.15) is 13.8 Å². The molecule has 0 aliphatic carbocycles. The molecule has 1 saturated heterocycles. The first kappa shape index (κ1) is 19.9. The SMILES string of the molecule is COc1ccc(S(=O)(=O)N2CCN(C(=O)C=C(C)C)CC2)cc1[N+](=O)[O-]. The maximum absolute atomic E-state index is 12.8. The van der Waals surface area contributed by atoms with Gasteiger partial charge >= 0.3 is 5.69 Å². The maximum atomic E-state index is 12.8. The van der Waals surface area contributed by atoms with E-state index in [1.54, 1.807) is 4.90 Å². The predicted molar refractivity (Wildman–Crippen MR) is 94.4 cm³/mol. The van der Waals surface area contributed by atoms with Crippen molar-refractivity contribution in [2.45, 2.75) is 18.7 Å². The summed E-state index contributed by atoms with van der Waals surface area (Å²) < 4.78 is 31.6. The van der Waals surface area contributed by atoms with Gasteiger partial charge in [0.1, 0.15) is 0 Å². The van der Waals surface area contributed by atoms with Crippen molar-refractivity contribution < 1.29 is 22.9 Å². The standard InChI is InChI=1S/C16H21N3O6S/c1-12(2)10-16(20)17-6-8-18(9-7-17)26(23,24)13-4-5-15(25-3)14(11-13)19(21)22/h4-5,10-11H,6-9H2,1-3H3. The molecule has 0 atom stereocenters. The molecule has 0 aromatic heterocycles. The largest absolute Gasteiger partial charge is 0.490 e. The van der Waals surface area contributed by atoms with Gasteiger partial charge in [0.2, 0.25) is 15.9 Å². The van der Waals surface area contributed by atoms with Crippen molar-refractivity contribution in [2.24, 2.45) is 0 Å². The molecule has 0 radical (unpaired) electrons. The fourth-order valence-corrected chi connectivity index (χ4v) is 4.05. The van der Waals surface area contributed by atoms with Crippen molar-refractivity contribution in [3.05, 3.63) is 40.0 Å². The lowest BCUT2D eigenvalue weighted by molar-refractivity contribution is -0.386. The summed E-state index contributed by atoms with van der Waals surface area (Å²) in [5, 5.41) is 11.1. The summed E-state index contributed by atoms with van der Waals surface area (Å²) in [5.41, 5.74) is 0.460. The Labute approximate surface area is 152 Å². The zero-order valence-electron chi connectivity index (χ0n) is 14.8. The molecular weight excluding hydrogens is 362 g/mol. The molecule has 1 aromatic rings. The highest BCUT2D eigenvalue weighted by molar-refractivity contribution is 7.89. The fraction of sp³-hybridized carbons (Fsp3) is 0.438. The van der Waals surface area contributed by atoms with Crippen LogP contribution in [0.15, 0.2) is 34.7 Å². The zero-order chi connectivity index (χ0) is 19.5. The normalized spacial score (nSPS) is 15.4. The van der Waals surface area contributed by atoms with Crippen molar-refractivity contribution in [1.29, 1.82) is 0 Å². The van der Waals surface area contributed by atoms with Crippen LogP contribution in [0.4, 0.5) is 5.69 Å². The smallest absolute Gasteiger partial charge is 0.312 e. The van der Waals surface area contributed by atoms with Gasteiger partial charge in [0.05, 0.1) is 16.9 Å². The van der Waals surface area contributed by atoms with E-state index in [-0.39, 0.29) is 42.7 Å². The molecule has 0 bridgehead atoms. The predicted octanol–water partition coefficient (Wildman–Crippen LogP) is 1.40. The average Bonchev–Trinajstić information content (AvgIpc) is 2.60. The quantitative estimate of drug-likeness (QED) is 0.432. The highest BCUT2D eigenvalue weighted by Gasteiger charge is 2.31. The van der Waals surface area contributed by atoms with Crippen LogP contribution in [-0.2, 0) is 14.8 Å². The van der Waals surface area contributed by atoms with Crippen molar-refractivity contribution in [3.63, 3.8) is 0 Å². The number of benzene rings is 1. The first-order valence-corrected chi connectivity index (χ1v) is 9.37. The number of nitro benzene ring substituents is 1. The summed E-state index contributed by atoms with van der Waals surface area (Å²) in [6, 6.07) is 3.54. The molecule has 1 aromatic carbocycles. The number of rotatable bonds is 5. The monoisotopic (exact) mass is 383 g/mol. The van der Waals surface area contributed by atoms with Gasteiger partial charge in [0.15, 0.2) is 5.75 Å². The molecule has 1 amide bonds. The minimum atomic E-state index is -3.90. The molecule has 1 aliphatic heterocycles. The van der Waals surface area contributed by atoms with E-state index in [2.05, 4.69) is 0 Å². The van der Waals surface area contributed by atoms with Gasteiger partial charge < -0.3 is 9.64 Å². The molecule has 1 heterocycles. The number of nitrogens with zero attached hydrogens (tertiary/aromatic N) is 3. The van der Waals surface area contributed by atoms with Gasteiger partial charge in [0.25, 0.3) is 0 Å². The van der Waals surface area contributed by atoms with Crippen LogP contribution in [0.5, 0.6) is 5.75 Å². The van der Waals surface area contributed by atoms with Crippen molar-refractivity contribution in [3.8, 4) is 5.75 Å². The number of hydrogen-bond donors (Lipinski definition) is 0. The number of allylic oxidation sites excluding steroid dienone is 1. The Bertz CT molecular complexity index is 838. The summed E-state index contributed by atoms with van der Waals surface area (Å²) >= 11 is 0. The third kappa shape index (κ3) is 4.20. The summed E-state index contributed by atoms with van der Waals surface area (Å²) in [7, 11) is -2.62. The molecule has 10 heteroatoms. The van der Waals surface area contributed by atoms with Gasteiger partial charge in [-0.2, -0.15) is 4.31 Å². The Morgan fingerprint density at radius 2 is 1.85 bits per heavy atom. The molecule has 2 rings (SSSR count). The van der Waals surface area contributed by atoms with Crippen molar-refractivity contribution in [1.82, 2.24) is 9.21 Å². The number of ether oxygens (including phenoxy) is 1. The Morgan fingerprint density at radius 3 is 2.35 bits per heavy atom. The summed E-state index contributed by atoms with van der Waals surface area (Å²) in [4.78, 5) is 23.8. The molecule has 0 N–H and O–H groups in total. The highest BCUT2D eigenvalue weighted by Crippen LogP contribution is 2.30. The van der Waals surface area contributed by atoms with E-state index in [0.29, 0.717) is 0 Å². The van der Waals surface area contributed by atoms with Gasteiger partial charge in [-0.3, -0.25) is 14.9 Å². The Hall–Kier alpha value is -2.46. The molecular formula is C16H21N3O6S. The van der Waals surface area contributed by atoms with E-state index < -0.39 is 20.6 Å². The molecule has 26 heavy (non-hydrogen) atoms. The number of nitro groups is 1. The molecule has 1 aliphatic rings. The van der Waals surface area contributed by atoms with Crippen LogP contribution >= 0.6 is 0 Å². The lowest BCUT2D eigenvalue weighted by atomic mass is 10.3. The van der Waals surface area contributed by atoms with E-state index in [4.69, 9.17) is 4.74 Å². The lowest BCUT2D eigenvalue weighted by Crippen LogP contribution is -2.50. The fourth-order valence-electron chi connectivity index (χ4n) is 2.61. The van der Waals surface area contributed by atoms with E-state index in [1.807, 2.05) is 13.8 Å². The second-order valence-corrected chi connectivity index (χ2v) is 7.98. The van der Waals surface area contributed by atoms with Gasteiger partial charge in [-0.1, -0.05) is 5.57 Å². The number of carbonyl (C=O) groups excluding carboxylic acids is 1. The first-order chi connectivity index (χ1) is 12.2. The topological polar surface area (TPSA) is 110 Å². The number of hydrogen-bond acceptors (Lipinski definition) is 6. The highest BCUT2D eigenvalue weighted by atomic mass is 32.2. The van der Waals surface area contributed by atoms with E-state index in [0.717, 1.165) is 11.6 Å². The summed E-state index contributed by atoms with van der Waals surface area (Å²) in [5.74, 6) is -0.159. The number of sulfonamides is 1. The van der Waals surface area contributed by atoms with Gasteiger partial charge in [-0.25, -0.2) is 8.42 Å². The number of amides is 1. The maximum Gasteiger partial charge on any atom is 0.312 e. The Morgan fingerprint density at radius 1 is 1.23 bits per heavy atom. The van der Waals surface area contributed by atoms with Crippen LogP contribution in [0, 0.1) is 10.1 Å². The van der Waals surface area contributed by atoms with Crippen molar-refractivity contribution >= 4 is 21.6 Å². The molecule has 9 nitrogen and oxygen atoms in total. The first-order valence-electron chi connectivity index (χ1n) is 7.93. The van der Waals surface area contributed by atoms with Crippen LogP contribution < -0.4 is 4.74 Å². The van der Waals surface area contributed by atoms with Crippen molar-refractivity contribution in [2.75, 3.05) is 33.3 Å². The van der Waals surface area contributed by atoms with Crippen LogP contribution in [0.3, 0.4) is 0 Å². The minimum Gasteiger partial charge on any atom is -0.490 e. The minimum absolute atomic E-state index is 0.00825. The zero-order valence-corrected chi connectivity index (χ0v) is 15.7. The Balaban J connectivity index is 2.20. The molecule has 0 saturated carbocycles. The van der Waals surface area contributed by atoms with Gasteiger partial charge in [0, 0.05) is 38.3 Å². The number of carbonyl (C=O) groups is 1. The third-order valence-electron chi connectivity index (χ3n) is 3.95.